The second-order valence-electron chi connectivity index (χ2n) is 4.22. The molecule has 6 nitrogen and oxygen atoms in total. The molecule has 3 N–H and O–H groups in total. The lowest BCUT2D eigenvalue weighted by Crippen LogP contribution is -2.45. The van der Waals surface area contributed by atoms with Gasteiger partial charge in [-0.3, -0.25) is 4.79 Å². The normalized spacial score (nSPS) is 11.4. The van der Waals surface area contributed by atoms with Crippen molar-refractivity contribution >= 4 is 17.3 Å². The SMILES string of the molecule is C=CCn1ncc(NC(CC)(CO)CO)c(Cl)c1=O. The van der Waals surface area contributed by atoms with Gasteiger partial charge in [-0.25, -0.2) is 4.68 Å². The van der Waals surface area contributed by atoms with Crippen LogP contribution in [0.25, 0.3) is 0 Å². The molecular formula is C12H18ClN3O3. The Balaban J connectivity index is 3.13. The molecule has 7 heteroatoms. The zero-order valence-corrected chi connectivity index (χ0v) is 11.5. The number of halogens is 1. The third-order valence-corrected chi connectivity index (χ3v) is 3.33. The number of aliphatic hydroxyl groups is 2. The van der Waals surface area contributed by atoms with E-state index in [0.29, 0.717) is 6.42 Å². The first-order valence-electron chi connectivity index (χ1n) is 5.90. The topological polar surface area (TPSA) is 87.4 Å². The molecule has 0 amide bonds. The van der Waals surface area contributed by atoms with Crippen molar-refractivity contribution in [1.82, 2.24) is 9.78 Å². The Kier molecular flexibility index (Phi) is 5.53. The molecule has 1 heterocycles. The highest BCUT2D eigenvalue weighted by atomic mass is 35.5. The van der Waals surface area contributed by atoms with Gasteiger partial charge in [-0.05, 0) is 6.42 Å². The molecule has 0 atom stereocenters. The first-order valence-corrected chi connectivity index (χ1v) is 6.27. The van der Waals surface area contributed by atoms with Gasteiger partial charge in [-0.15, -0.1) is 6.58 Å². The number of anilines is 1. The van der Waals surface area contributed by atoms with E-state index < -0.39 is 11.1 Å². The van der Waals surface area contributed by atoms with E-state index in [1.807, 2.05) is 0 Å². The van der Waals surface area contributed by atoms with Crippen molar-refractivity contribution in [2.75, 3.05) is 18.5 Å². The molecule has 0 aromatic carbocycles. The number of aromatic nitrogens is 2. The largest absolute Gasteiger partial charge is 0.394 e. The van der Waals surface area contributed by atoms with Crippen molar-refractivity contribution in [3.63, 3.8) is 0 Å². The van der Waals surface area contributed by atoms with Gasteiger partial charge in [0.25, 0.3) is 5.56 Å². The van der Waals surface area contributed by atoms with Gasteiger partial charge in [0.2, 0.25) is 0 Å². The highest BCUT2D eigenvalue weighted by molar-refractivity contribution is 6.32. The quantitative estimate of drug-likeness (QED) is 0.640. The lowest BCUT2D eigenvalue weighted by molar-refractivity contribution is 0.132. The van der Waals surface area contributed by atoms with Gasteiger partial charge in [-0.1, -0.05) is 24.6 Å². The van der Waals surface area contributed by atoms with Crippen LogP contribution in [0.15, 0.2) is 23.6 Å². The second kappa shape index (κ2) is 6.70. The van der Waals surface area contributed by atoms with Crippen LogP contribution < -0.4 is 10.9 Å². The molecule has 0 unspecified atom stereocenters. The van der Waals surface area contributed by atoms with Crippen molar-refractivity contribution < 1.29 is 10.2 Å². The molecule has 0 aliphatic heterocycles. The van der Waals surface area contributed by atoms with Gasteiger partial charge < -0.3 is 15.5 Å². The number of aliphatic hydroxyl groups excluding tert-OH is 2. The van der Waals surface area contributed by atoms with Gasteiger partial charge in [0.15, 0.2) is 0 Å². The Morgan fingerprint density at radius 3 is 2.68 bits per heavy atom. The molecule has 0 radical (unpaired) electrons. The summed E-state index contributed by atoms with van der Waals surface area (Å²) in [6.45, 7) is 5.02. The van der Waals surface area contributed by atoms with Crippen molar-refractivity contribution in [1.29, 1.82) is 0 Å². The van der Waals surface area contributed by atoms with Crippen molar-refractivity contribution in [3.8, 4) is 0 Å². The predicted octanol–water partition coefficient (Wildman–Crippen LogP) is 0.628. The summed E-state index contributed by atoms with van der Waals surface area (Å²) in [5.41, 5.74) is -1.09. The van der Waals surface area contributed by atoms with E-state index in [-0.39, 0.29) is 30.5 Å². The van der Waals surface area contributed by atoms with Gasteiger partial charge in [0.05, 0.1) is 37.2 Å². The number of allylic oxidation sites excluding steroid dienone is 1. The number of nitrogens with one attached hydrogen (secondary N) is 1. The first-order chi connectivity index (χ1) is 9.03. The standard InChI is InChI=1S/C12H18ClN3O3/c1-3-5-16-11(19)10(13)9(6-14-16)15-12(4-2,7-17)8-18/h3,6,15,17-18H,1,4-5,7-8H2,2H3. The molecule has 1 aromatic heterocycles. The molecule has 0 saturated heterocycles. The minimum Gasteiger partial charge on any atom is -0.394 e. The molecule has 106 valence electrons. The van der Waals surface area contributed by atoms with Gasteiger partial charge in [0, 0.05) is 0 Å². The third-order valence-electron chi connectivity index (χ3n) is 2.97. The average Bonchev–Trinajstić information content (AvgIpc) is 2.44. The minimum absolute atomic E-state index is 0.0309. The number of hydrogen-bond donors (Lipinski definition) is 3. The summed E-state index contributed by atoms with van der Waals surface area (Å²) in [5.74, 6) is 0. The Morgan fingerprint density at radius 2 is 2.21 bits per heavy atom. The minimum atomic E-state index is -0.928. The maximum Gasteiger partial charge on any atom is 0.287 e. The molecule has 0 spiro atoms. The fourth-order valence-electron chi connectivity index (χ4n) is 1.53. The lowest BCUT2D eigenvalue weighted by Gasteiger charge is -2.31. The maximum absolute atomic E-state index is 11.9. The molecule has 19 heavy (non-hydrogen) atoms. The predicted molar refractivity (Wildman–Crippen MR) is 74.5 cm³/mol. The summed E-state index contributed by atoms with van der Waals surface area (Å²) in [7, 11) is 0. The van der Waals surface area contributed by atoms with E-state index >= 15 is 0 Å². The van der Waals surface area contributed by atoms with E-state index in [2.05, 4.69) is 17.0 Å². The fraction of sp³-hybridized carbons (Fsp3) is 0.500. The molecular weight excluding hydrogens is 270 g/mol. The summed E-state index contributed by atoms with van der Waals surface area (Å²) >= 11 is 5.98. The fourth-order valence-corrected chi connectivity index (χ4v) is 1.72. The number of rotatable bonds is 7. The van der Waals surface area contributed by atoms with E-state index in [1.165, 1.54) is 17.0 Å². The molecule has 1 rings (SSSR count). The van der Waals surface area contributed by atoms with E-state index in [1.54, 1.807) is 6.92 Å². The second-order valence-corrected chi connectivity index (χ2v) is 4.60. The van der Waals surface area contributed by atoms with Gasteiger partial charge in [0.1, 0.15) is 5.02 Å². The summed E-state index contributed by atoms with van der Waals surface area (Å²) in [5, 5.41) is 25.5. The van der Waals surface area contributed by atoms with E-state index in [4.69, 9.17) is 11.6 Å². The van der Waals surface area contributed by atoms with Gasteiger partial charge in [-0.2, -0.15) is 5.10 Å². The average molecular weight is 288 g/mol. The zero-order chi connectivity index (χ0) is 14.5. The Bertz CT molecular complexity index is 489. The smallest absolute Gasteiger partial charge is 0.287 e. The summed E-state index contributed by atoms with van der Waals surface area (Å²) in [6.07, 6.45) is 3.39. The van der Waals surface area contributed by atoms with E-state index in [9.17, 15) is 15.0 Å². The van der Waals surface area contributed by atoms with Crippen LogP contribution in [0.2, 0.25) is 5.02 Å². The Labute approximate surface area is 116 Å². The molecule has 0 fully saturated rings. The van der Waals surface area contributed by atoms with Crippen LogP contribution in [0.1, 0.15) is 13.3 Å². The summed E-state index contributed by atoms with van der Waals surface area (Å²) < 4.78 is 1.17. The van der Waals surface area contributed by atoms with Crippen LogP contribution in [0, 0.1) is 0 Å². The van der Waals surface area contributed by atoms with Crippen molar-refractivity contribution in [2.24, 2.45) is 0 Å². The molecule has 0 bridgehead atoms. The van der Waals surface area contributed by atoms with Crippen LogP contribution in [0.4, 0.5) is 5.69 Å². The van der Waals surface area contributed by atoms with Crippen molar-refractivity contribution in [2.45, 2.75) is 25.4 Å². The molecule has 0 aliphatic carbocycles. The Morgan fingerprint density at radius 1 is 1.58 bits per heavy atom. The van der Waals surface area contributed by atoms with Crippen molar-refractivity contribution in [3.05, 3.63) is 34.2 Å². The number of hydrogen-bond acceptors (Lipinski definition) is 5. The van der Waals surface area contributed by atoms with Crippen LogP contribution in [0.3, 0.4) is 0 Å². The highest BCUT2D eigenvalue weighted by Gasteiger charge is 2.27. The lowest BCUT2D eigenvalue weighted by atomic mass is 9.98. The summed E-state index contributed by atoms with van der Waals surface area (Å²) in [4.78, 5) is 11.9. The molecule has 0 saturated carbocycles. The van der Waals surface area contributed by atoms with E-state index in [0.717, 1.165) is 0 Å². The monoisotopic (exact) mass is 287 g/mol. The Hall–Kier alpha value is -1.37. The molecule has 0 aliphatic rings. The molecule has 1 aromatic rings. The van der Waals surface area contributed by atoms with Crippen LogP contribution >= 0.6 is 11.6 Å². The highest BCUT2D eigenvalue weighted by Crippen LogP contribution is 2.22. The van der Waals surface area contributed by atoms with Crippen LogP contribution in [-0.2, 0) is 6.54 Å². The zero-order valence-electron chi connectivity index (χ0n) is 10.8. The third kappa shape index (κ3) is 3.34. The maximum atomic E-state index is 11.9. The van der Waals surface area contributed by atoms with Crippen LogP contribution in [-0.4, -0.2) is 38.7 Å². The van der Waals surface area contributed by atoms with Crippen LogP contribution in [0.5, 0.6) is 0 Å². The summed E-state index contributed by atoms with van der Waals surface area (Å²) in [6, 6.07) is 0. The van der Waals surface area contributed by atoms with Gasteiger partial charge >= 0.3 is 0 Å². The number of nitrogens with zero attached hydrogens (tertiary/aromatic N) is 2. The first kappa shape index (κ1) is 15.7.